The monoisotopic (exact) mass is 400 g/mol. The van der Waals surface area contributed by atoms with Gasteiger partial charge in [0.1, 0.15) is 10.4 Å². The number of pyridine rings is 1. The third kappa shape index (κ3) is 3.23. The molecular weight excluding hydrogens is 380 g/mol. The first-order valence-corrected chi connectivity index (χ1v) is 9.42. The van der Waals surface area contributed by atoms with Crippen LogP contribution in [0.3, 0.4) is 0 Å². The van der Waals surface area contributed by atoms with Crippen LogP contribution in [0.5, 0.6) is 5.75 Å². The maximum Gasteiger partial charge on any atom is 0.266 e. The number of aromatic amines is 1. The van der Waals surface area contributed by atoms with E-state index in [1.165, 1.54) is 16.9 Å². The lowest BCUT2D eigenvalue weighted by molar-refractivity contribution is 0.417. The Morgan fingerprint density at radius 2 is 1.89 bits per heavy atom. The summed E-state index contributed by atoms with van der Waals surface area (Å²) in [6.45, 7) is 2.74. The van der Waals surface area contributed by atoms with Crippen LogP contribution >= 0.6 is 23.7 Å². The number of halogens is 1. The molecule has 4 aromatic rings. The molecule has 27 heavy (non-hydrogen) atoms. The first-order chi connectivity index (χ1) is 12.6. The van der Waals surface area contributed by atoms with Crippen molar-refractivity contribution in [2.45, 2.75) is 12.8 Å². The highest BCUT2D eigenvalue weighted by Gasteiger charge is 2.16. The fraction of sp³-hybridized carbons (Fsp3) is 0.190. The van der Waals surface area contributed by atoms with Gasteiger partial charge in [0.2, 0.25) is 0 Å². The number of ether oxygens (including phenoxy) is 1. The number of benzene rings is 2. The standard InChI is InChI=1S/C21H20N2O2S.ClH/c1-12(11-22)13-3-5-14(6-4-13)18-17(25-2)8-7-16-19(18)15-9-10-26-20(15)21(24)23-16;/h3-10,12H,11,22H2,1-2H3,(H,23,24);1H/t12-;/m0./s1. The van der Waals surface area contributed by atoms with Crippen molar-refractivity contribution in [2.24, 2.45) is 5.73 Å². The van der Waals surface area contributed by atoms with Gasteiger partial charge in [-0.1, -0.05) is 31.2 Å². The number of thiophene rings is 1. The lowest BCUT2D eigenvalue weighted by Gasteiger charge is -2.15. The van der Waals surface area contributed by atoms with Crippen LogP contribution < -0.4 is 16.0 Å². The van der Waals surface area contributed by atoms with Gasteiger partial charge in [0.25, 0.3) is 5.56 Å². The highest BCUT2D eigenvalue weighted by molar-refractivity contribution is 7.17. The summed E-state index contributed by atoms with van der Waals surface area (Å²) in [5, 5.41) is 3.93. The fourth-order valence-corrected chi connectivity index (χ4v) is 4.19. The Bertz CT molecular complexity index is 1150. The van der Waals surface area contributed by atoms with Gasteiger partial charge in [-0.15, -0.1) is 23.7 Å². The van der Waals surface area contributed by atoms with E-state index in [0.717, 1.165) is 37.9 Å². The van der Waals surface area contributed by atoms with Gasteiger partial charge in [-0.2, -0.15) is 0 Å². The van der Waals surface area contributed by atoms with Crippen LogP contribution in [0.2, 0.25) is 0 Å². The van der Waals surface area contributed by atoms with Crippen molar-refractivity contribution in [2.75, 3.05) is 13.7 Å². The molecule has 0 saturated heterocycles. The van der Waals surface area contributed by atoms with Gasteiger partial charge in [0.15, 0.2) is 0 Å². The predicted octanol–water partition coefficient (Wildman–Crippen LogP) is 4.90. The van der Waals surface area contributed by atoms with E-state index in [1.54, 1.807) is 7.11 Å². The summed E-state index contributed by atoms with van der Waals surface area (Å²) < 4.78 is 6.39. The van der Waals surface area contributed by atoms with E-state index in [2.05, 4.69) is 36.2 Å². The average molecular weight is 401 g/mol. The Morgan fingerprint density at radius 1 is 1.15 bits per heavy atom. The molecule has 0 aliphatic carbocycles. The summed E-state index contributed by atoms with van der Waals surface area (Å²) >= 11 is 1.46. The minimum absolute atomic E-state index is 0. The molecule has 2 aromatic heterocycles. The van der Waals surface area contributed by atoms with Crippen molar-refractivity contribution in [3.8, 4) is 16.9 Å². The van der Waals surface area contributed by atoms with Crippen molar-refractivity contribution in [1.82, 2.24) is 4.98 Å². The van der Waals surface area contributed by atoms with Crippen LogP contribution in [0, 0.1) is 0 Å². The smallest absolute Gasteiger partial charge is 0.266 e. The van der Waals surface area contributed by atoms with E-state index in [1.807, 2.05) is 23.6 Å². The second kappa shape index (κ2) is 7.72. The number of H-pyrrole nitrogens is 1. The van der Waals surface area contributed by atoms with Gasteiger partial charge in [-0.3, -0.25) is 4.79 Å². The van der Waals surface area contributed by atoms with E-state index < -0.39 is 0 Å². The molecule has 140 valence electrons. The minimum Gasteiger partial charge on any atom is -0.496 e. The lowest BCUT2D eigenvalue weighted by Crippen LogP contribution is -2.08. The Labute approximate surface area is 167 Å². The fourth-order valence-electron chi connectivity index (χ4n) is 3.40. The summed E-state index contributed by atoms with van der Waals surface area (Å²) in [6.07, 6.45) is 0. The number of methoxy groups -OCH3 is 1. The second-order valence-corrected chi connectivity index (χ2v) is 7.36. The highest BCUT2D eigenvalue weighted by atomic mass is 35.5. The molecule has 0 bridgehead atoms. The molecule has 0 spiro atoms. The van der Waals surface area contributed by atoms with Crippen molar-refractivity contribution in [3.63, 3.8) is 0 Å². The Kier molecular flexibility index (Phi) is 5.56. The number of hydrogen-bond donors (Lipinski definition) is 2. The molecule has 0 aliphatic rings. The Morgan fingerprint density at radius 3 is 2.56 bits per heavy atom. The predicted molar refractivity (Wildman–Crippen MR) is 117 cm³/mol. The molecule has 0 amide bonds. The topological polar surface area (TPSA) is 68.1 Å². The van der Waals surface area contributed by atoms with Gasteiger partial charge in [0.05, 0.1) is 7.11 Å². The summed E-state index contributed by atoms with van der Waals surface area (Å²) in [5.74, 6) is 1.11. The lowest BCUT2D eigenvalue weighted by atomic mass is 9.94. The molecule has 0 radical (unpaired) electrons. The van der Waals surface area contributed by atoms with Crippen molar-refractivity contribution >= 4 is 44.7 Å². The number of nitrogens with one attached hydrogen (secondary N) is 1. The van der Waals surface area contributed by atoms with Crippen molar-refractivity contribution < 1.29 is 4.74 Å². The van der Waals surface area contributed by atoms with Crippen molar-refractivity contribution in [3.05, 3.63) is 63.8 Å². The molecule has 4 rings (SSSR count). The van der Waals surface area contributed by atoms with E-state index in [4.69, 9.17) is 10.5 Å². The van der Waals surface area contributed by atoms with E-state index >= 15 is 0 Å². The van der Waals surface area contributed by atoms with Gasteiger partial charge in [0, 0.05) is 21.9 Å². The molecule has 3 N–H and O–H groups in total. The zero-order valence-corrected chi connectivity index (χ0v) is 16.7. The van der Waals surface area contributed by atoms with Gasteiger partial charge in [-0.25, -0.2) is 0 Å². The molecule has 6 heteroatoms. The first-order valence-electron chi connectivity index (χ1n) is 8.54. The van der Waals surface area contributed by atoms with Crippen LogP contribution in [-0.2, 0) is 0 Å². The third-order valence-corrected chi connectivity index (χ3v) is 5.81. The van der Waals surface area contributed by atoms with E-state index in [0.29, 0.717) is 12.5 Å². The zero-order valence-electron chi connectivity index (χ0n) is 15.1. The quantitative estimate of drug-likeness (QED) is 0.511. The van der Waals surface area contributed by atoms with E-state index in [-0.39, 0.29) is 18.0 Å². The summed E-state index contributed by atoms with van der Waals surface area (Å²) in [4.78, 5) is 15.3. The normalized spacial score (nSPS) is 12.1. The van der Waals surface area contributed by atoms with Crippen LogP contribution in [0.1, 0.15) is 18.4 Å². The molecule has 4 nitrogen and oxygen atoms in total. The average Bonchev–Trinajstić information content (AvgIpc) is 3.17. The molecule has 0 unspecified atom stereocenters. The summed E-state index contributed by atoms with van der Waals surface area (Å²) in [6, 6.07) is 14.2. The molecule has 0 aliphatic heterocycles. The van der Waals surface area contributed by atoms with Gasteiger partial charge < -0.3 is 15.5 Å². The SMILES string of the molecule is COc1ccc2[nH]c(=O)c3sccc3c2c1-c1ccc([C@@H](C)CN)cc1.Cl. The minimum atomic E-state index is -0.0502. The van der Waals surface area contributed by atoms with Crippen LogP contribution in [-0.4, -0.2) is 18.6 Å². The van der Waals surface area contributed by atoms with Gasteiger partial charge >= 0.3 is 0 Å². The van der Waals surface area contributed by atoms with E-state index in [9.17, 15) is 4.79 Å². The van der Waals surface area contributed by atoms with Crippen LogP contribution in [0.4, 0.5) is 0 Å². The molecule has 2 heterocycles. The molecule has 0 fully saturated rings. The zero-order chi connectivity index (χ0) is 18.3. The second-order valence-electron chi connectivity index (χ2n) is 6.44. The maximum atomic E-state index is 12.3. The molecule has 2 aromatic carbocycles. The largest absolute Gasteiger partial charge is 0.496 e. The number of rotatable bonds is 4. The summed E-state index contributed by atoms with van der Waals surface area (Å²) in [7, 11) is 1.67. The Hall–Kier alpha value is -2.34. The Balaban J connectivity index is 0.00000210. The highest BCUT2D eigenvalue weighted by Crippen LogP contribution is 2.40. The van der Waals surface area contributed by atoms with Gasteiger partial charge in [-0.05, 0) is 47.2 Å². The van der Waals surface area contributed by atoms with Crippen molar-refractivity contribution in [1.29, 1.82) is 0 Å². The number of fused-ring (bicyclic) bond motifs is 3. The summed E-state index contributed by atoms with van der Waals surface area (Å²) in [5.41, 5.74) is 9.82. The molecule has 1 atom stereocenters. The number of hydrogen-bond acceptors (Lipinski definition) is 4. The molecule has 0 saturated carbocycles. The number of nitrogens with two attached hydrogens (primary N) is 1. The molecular formula is C21H21ClN2O2S. The third-order valence-electron chi connectivity index (χ3n) is 4.90. The number of aromatic nitrogens is 1. The first kappa shape index (κ1) is 19.4. The van der Waals surface area contributed by atoms with Crippen LogP contribution in [0.25, 0.3) is 32.1 Å². The van der Waals surface area contributed by atoms with Crippen LogP contribution in [0.15, 0.2) is 52.6 Å². The maximum absolute atomic E-state index is 12.3.